The van der Waals surface area contributed by atoms with Crippen LogP contribution in [0.25, 0.3) is 5.13 Å². The number of thiazole rings is 1. The molecule has 0 aliphatic rings. The monoisotopic (exact) mass is 570 g/mol. The maximum Gasteiger partial charge on any atom is 0.416 e. The number of nitro groups is 1. The van der Waals surface area contributed by atoms with Gasteiger partial charge in [-0.1, -0.05) is 34.8 Å². The average Bonchev–Trinajstić information content (AvgIpc) is 3.46. The Kier molecular flexibility index (Phi) is 8.20. The number of nitrogens with one attached hydrogen (secondary N) is 1. The van der Waals surface area contributed by atoms with Crippen LogP contribution in [0.3, 0.4) is 0 Å². The molecule has 1 amide bonds. The number of benzene rings is 1. The summed E-state index contributed by atoms with van der Waals surface area (Å²) in [5.74, 6) is -1.05. The maximum absolute atomic E-state index is 13.4. The predicted molar refractivity (Wildman–Crippen MR) is 121 cm³/mol. The molecule has 0 bridgehead atoms. The lowest BCUT2D eigenvalue weighted by molar-refractivity contribution is -0.380. The van der Waals surface area contributed by atoms with Gasteiger partial charge < -0.3 is 10.1 Å². The highest BCUT2D eigenvalue weighted by Crippen LogP contribution is 2.33. The van der Waals surface area contributed by atoms with Gasteiger partial charge in [-0.25, -0.2) is 9.97 Å². The second-order valence-electron chi connectivity index (χ2n) is 6.66. The average molecular weight is 572 g/mol. The molecule has 0 aliphatic carbocycles. The molecule has 10 nitrogen and oxygen atoms in total. The number of nitrogens with zero attached hydrogens (tertiary/aromatic N) is 5. The minimum Gasteiger partial charge on any atom is -0.488 e. The van der Waals surface area contributed by atoms with Crippen molar-refractivity contribution < 1.29 is 27.6 Å². The molecular weight excluding hydrogens is 560 g/mol. The maximum atomic E-state index is 13.4. The first-order valence-corrected chi connectivity index (χ1v) is 11.2. The molecule has 0 spiro atoms. The number of amides is 1. The zero-order valence-corrected chi connectivity index (χ0v) is 20.3. The predicted octanol–water partition coefficient (Wildman–Crippen LogP) is 5.41. The van der Waals surface area contributed by atoms with Crippen molar-refractivity contribution in [3.63, 3.8) is 0 Å². The normalized spacial score (nSPS) is 12.2. The fourth-order valence-corrected chi connectivity index (χ4v) is 3.52. The Labute approximate surface area is 213 Å². The summed E-state index contributed by atoms with van der Waals surface area (Å²) in [5.41, 5.74) is -1.50. The molecule has 0 aliphatic heterocycles. The van der Waals surface area contributed by atoms with Gasteiger partial charge in [-0.2, -0.15) is 23.0 Å². The van der Waals surface area contributed by atoms with E-state index in [1.807, 2.05) is 0 Å². The highest BCUT2D eigenvalue weighted by molar-refractivity contribution is 7.17. The minimum atomic E-state index is -4.77. The molecule has 35 heavy (non-hydrogen) atoms. The van der Waals surface area contributed by atoms with Crippen molar-refractivity contribution in [3.05, 3.63) is 67.3 Å². The minimum absolute atomic E-state index is 0.114. The Balaban J connectivity index is 1.85. The van der Waals surface area contributed by atoms with Crippen molar-refractivity contribution in [2.45, 2.75) is 19.1 Å². The third-order valence-electron chi connectivity index (χ3n) is 4.22. The summed E-state index contributed by atoms with van der Waals surface area (Å²) in [4.78, 5) is 31.0. The van der Waals surface area contributed by atoms with Crippen LogP contribution in [0.1, 0.15) is 34.7 Å². The van der Waals surface area contributed by atoms with Crippen molar-refractivity contribution in [2.75, 3.05) is 6.61 Å². The van der Waals surface area contributed by atoms with E-state index in [0.29, 0.717) is 12.1 Å². The fourth-order valence-electron chi connectivity index (χ4n) is 2.65. The van der Waals surface area contributed by atoms with Gasteiger partial charge in [0.2, 0.25) is 5.13 Å². The number of ether oxygens (including phenoxy) is 1. The van der Waals surface area contributed by atoms with Gasteiger partial charge in [0, 0.05) is 5.56 Å². The van der Waals surface area contributed by atoms with Crippen molar-refractivity contribution in [1.29, 1.82) is 0 Å². The van der Waals surface area contributed by atoms with E-state index in [-0.39, 0.29) is 36.8 Å². The number of rotatable bonds is 8. The van der Waals surface area contributed by atoms with Gasteiger partial charge in [-0.3, -0.25) is 14.9 Å². The van der Waals surface area contributed by atoms with E-state index < -0.39 is 35.2 Å². The van der Waals surface area contributed by atoms with Crippen molar-refractivity contribution >= 4 is 57.0 Å². The van der Waals surface area contributed by atoms with Gasteiger partial charge >= 0.3 is 11.2 Å². The van der Waals surface area contributed by atoms with Crippen LogP contribution in [0, 0.1) is 10.1 Å². The van der Waals surface area contributed by atoms with Crippen LogP contribution in [0.2, 0.25) is 0 Å². The number of aromatic nitrogens is 4. The van der Waals surface area contributed by atoms with Gasteiger partial charge in [-0.15, -0.1) is 0 Å². The molecule has 1 aromatic carbocycles. The Bertz CT molecular complexity index is 1290. The SMILES string of the molecule is C[C@H](NC(=O)c1cc(OCC(Cl)=C(Cl)Cl)cc(C(F)(F)F)c1)c1ncnn1-c1ncc([N+](=O)[O-])s1. The molecule has 3 aromatic rings. The summed E-state index contributed by atoms with van der Waals surface area (Å²) < 4.78 is 46.2. The first kappa shape index (κ1) is 26.7. The van der Waals surface area contributed by atoms with Crippen LogP contribution >= 0.6 is 46.1 Å². The lowest BCUT2D eigenvalue weighted by Gasteiger charge is -2.16. The summed E-state index contributed by atoms with van der Waals surface area (Å²) in [6.07, 6.45) is -2.60. The summed E-state index contributed by atoms with van der Waals surface area (Å²) in [6, 6.07) is 1.55. The van der Waals surface area contributed by atoms with E-state index in [1.165, 1.54) is 11.6 Å². The molecule has 1 N–H and O–H groups in total. The van der Waals surface area contributed by atoms with E-state index >= 15 is 0 Å². The van der Waals surface area contributed by atoms with E-state index in [0.717, 1.165) is 29.9 Å². The van der Waals surface area contributed by atoms with Crippen molar-refractivity contribution in [3.8, 4) is 10.9 Å². The van der Waals surface area contributed by atoms with Gasteiger partial charge in [0.1, 0.15) is 29.4 Å². The van der Waals surface area contributed by atoms with E-state index in [4.69, 9.17) is 39.5 Å². The lowest BCUT2D eigenvalue weighted by atomic mass is 10.1. The molecular formula is C18H12Cl3F3N6O4S. The number of hydrogen-bond donors (Lipinski definition) is 1. The van der Waals surface area contributed by atoms with Gasteiger partial charge in [0.05, 0.1) is 21.6 Å². The molecule has 2 aromatic heterocycles. The second-order valence-corrected chi connectivity index (χ2v) is 9.05. The first-order chi connectivity index (χ1) is 16.4. The van der Waals surface area contributed by atoms with Crippen LogP contribution in [-0.2, 0) is 6.18 Å². The second kappa shape index (κ2) is 10.8. The van der Waals surface area contributed by atoms with E-state index in [1.54, 1.807) is 0 Å². The summed E-state index contributed by atoms with van der Waals surface area (Å²) in [5, 5.41) is 17.1. The standard InChI is InChI=1S/C18H12Cl3F3N6O4S/c1-8(15-26-7-27-29(15)17-25-5-13(35-17)30(32)33)28-16(31)9-2-10(18(22,23)24)4-11(3-9)34-6-12(19)14(20)21/h2-5,7-8H,6H2,1H3,(H,28,31)/t8-/m0/s1. The molecule has 0 saturated carbocycles. The Hall–Kier alpha value is -2.94. The van der Waals surface area contributed by atoms with Crippen LogP contribution in [0.4, 0.5) is 18.2 Å². The van der Waals surface area contributed by atoms with Crippen LogP contribution in [-0.4, -0.2) is 37.2 Å². The van der Waals surface area contributed by atoms with Crippen molar-refractivity contribution in [1.82, 2.24) is 25.1 Å². The Morgan fingerprint density at radius 2 is 2.00 bits per heavy atom. The van der Waals surface area contributed by atoms with Crippen LogP contribution < -0.4 is 10.1 Å². The van der Waals surface area contributed by atoms with E-state index in [2.05, 4.69) is 20.4 Å². The number of hydrogen-bond acceptors (Lipinski definition) is 8. The number of halogens is 6. The van der Waals surface area contributed by atoms with E-state index in [9.17, 15) is 28.1 Å². The number of carbonyl (C=O) groups excluding carboxylic acids is 1. The molecule has 2 heterocycles. The molecule has 0 radical (unpaired) electrons. The third-order valence-corrected chi connectivity index (χ3v) is 6.09. The van der Waals surface area contributed by atoms with Gasteiger partial charge in [-0.05, 0) is 36.5 Å². The lowest BCUT2D eigenvalue weighted by Crippen LogP contribution is -2.29. The van der Waals surface area contributed by atoms with Crippen LogP contribution in [0.5, 0.6) is 5.75 Å². The molecule has 186 valence electrons. The highest BCUT2D eigenvalue weighted by Gasteiger charge is 2.32. The zero-order chi connectivity index (χ0) is 25.9. The first-order valence-electron chi connectivity index (χ1n) is 9.23. The van der Waals surface area contributed by atoms with Gasteiger partial charge in [0.25, 0.3) is 5.91 Å². The molecule has 0 saturated heterocycles. The molecule has 1 atom stereocenters. The molecule has 17 heteroatoms. The van der Waals surface area contributed by atoms with Gasteiger partial charge in [0.15, 0.2) is 5.82 Å². The molecule has 0 fully saturated rings. The smallest absolute Gasteiger partial charge is 0.416 e. The highest BCUT2D eigenvalue weighted by atomic mass is 35.5. The van der Waals surface area contributed by atoms with Crippen LogP contribution in [0.15, 0.2) is 40.2 Å². The summed E-state index contributed by atoms with van der Waals surface area (Å²) in [7, 11) is 0. The third kappa shape index (κ3) is 6.60. The zero-order valence-electron chi connectivity index (χ0n) is 17.2. The Morgan fingerprint density at radius 3 is 2.60 bits per heavy atom. The molecule has 3 rings (SSSR count). The number of alkyl halides is 3. The topological polar surface area (TPSA) is 125 Å². The van der Waals surface area contributed by atoms with Crippen molar-refractivity contribution in [2.24, 2.45) is 0 Å². The summed E-state index contributed by atoms with van der Waals surface area (Å²) in [6.45, 7) is 1.07. The summed E-state index contributed by atoms with van der Waals surface area (Å²) >= 11 is 17.5. The molecule has 0 unspecified atom stereocenters. The number of carbonyl (C=O) groups is 1. The largest absolute Gasteiger partial charge is 0.488 e. The Morgan fingerprint density at radius 1 is 1.29 bits per heavy atom. The quantitative estimate of drug-likeness (QED) is 0.283. The fraction of sp³-hybridized carbons (Fsp3) is 0.222.